The van der Waals surface area contributed by atoms with Crippen LogP contribution in [0.15, 0.2) is 52.4 Å². The lowest BCUT2D eigenvalue weighted by Gasteiger charge is -2.23. The Morgan fingerprint density at radius 2 is 1.94 bits per heavy atom. The Morgan fingerprint density at radius 3 is 2.59 bits per heavy atom. The van der Waals surface area contributed by atoms with Crippen LogP contribution < -0.4 is 4.80 Å². The molecule has 0 unspecified atom stereocenters. The third-order valence-electron chi connectivity index (χ3n) is 5.71. The van der Waals surface area contributed by atoms with Gasteiger partial charge in [0.05, 0.1) is 21.7 Å². The highest BCUT2D eigenvalue weighted by Crippen LogP contribution is 2.27. The van der Waals surface area contributed by atoms with Gasteiger partial charge in [-0.2, -0.15) is 9.30 Å². The Bertz CT molecular complexity index is 1380. The molecule has 32 heavy (non-hydrogen) atoms. The molecule has 3 aromatic rings. The van der Waals surface area contributed by atoms with Gasteiger partial charge in [-0.3, -0.25) is 4.79 Å². The number of fused-ring (bicyclic) bond motifs is 1. The minimum Gasteiger partial charge on any atom is -0.305 e. The highest BCUT2D eigenvalue weighted by molar-refractivity contribution is 7.89. The van der Waals surface area contributed by atoms with Crippen molar-refractivity contribution in [3.63, 3.8) is 0 Å². The maximum Gasteiger partial charge on any atom is 0.279 e. The normalized spacial score (nSPS) is 15.5. The number of terminal acetylenes is 1. The Kier molecular flexibility index (Phi) is 6.29. The van der Waals surface area contributed by atoms with Crippen molar-refractivity contribution in [2.24, 2.45) is 4.99 Å². The minimum absolute atomic E-state index is 0.0145. The van der Waals surface area contributed by atoms with Gasteiger partial charge in [-0.25, -0.2) is 12.8 Å². The summed E-state index contributed by atoms with van der Waals surface area (Å²) in [6.07, 6.45) is 9.24. The summed E-state index contributed by atoms with van der Waals surface area (Å²) in [5.41, 5.74) is 0.945. The molecule has 1 aromatic heterocycles. The molecule has 0 radical (unpaired) electrons. The van der Waals surface area contributed by atoms with Gasteiger partial charge in [0, 0.05) is 18.7 Å². The van der Waals surface area contributed by atoms with Crippen LogP contribution >= 0.6 is 11.3 Å². The molecule has 0 N–H and O–H groups in total. The average Bonchev–Trinajstić information content (AvgIpc) is 3.42. The second kappa shape index (κ2) is 8.98. The molecule has 0 bridgehead atoms. The zero-order valence-electron chi connectivity index (χ0n) is 17.5. The van der Waals surface area contributed by atoms with Crippen molar-refractivity contribution >= 4 is 37.5 Å². The first kappa shape index (κ1) is 22.4. The largest absolute Gasteiger partial charge is 0.305 e. The molecule has 2 aromatic carbocycles. The maximum atomic E-state index is 13.6. The lowest BCUT2D eigenvalue weighted by molar-refractivity contribution is 0.0998. The Morgan fingerprint density at radius 1 is 1.25 bits per heavy atom. The van der Waals surface area contributed by atoms with Crippen molar-refractivity contribution in [1.29, 1.82) is 0 Å². The van der Waals surface area contributed by atoms with Crippen LogP contribution in [0.25, 0.3) is 10.2 Å². The Balaban J connectivity index is 1.64. The maximum absolute atomic E-state index is 13.6. The molecule has 1 aliphatic carbocycles. The zero-order chi connectivity index (χ0) is 22.9. The third-order valence-corrected chi connectivity index (χ3v) is 8.67. The fourth-order valence-electron chi connectivity index (χ4n) is 3.93. The lowest BCUT2D eigenvalue weighted by atomic mass is 10.2. The number of carbonyl (C=O) groups excluding carboxylic acids is 1. The number of thiazole rings is 1. The summed E-state index contributed by atoms with van der Waals surface area (Å²) in [6.45, 7) is 0.183. The highest BCUT2D eigenvalue weighted by Gasteiger charge is 2.30. The number of sulfonamides is 1. The van der Waals surface area contributed by atoms with Crippen LogP contribution in [-0.2, 0) is 16.6 Å². The molecule has 1 amide bonds. The molecule has 1 heterocycles. The smallest absolute Gasteiger partial charge is 0.279 e. The molecular weight excluding hydrogens is 449 g/mol. The number of nitrogens with zero attached hydrogens (tertiary/aromatic N) is 3. The van der Waals surface area contributed by atoms with Crippen LogP contribution in [0.4, 0.5) is 4.39 Å². The molecule has 0 saturated heterocycles. The van der Waals surface area contributed by atoms with Crippen LogP contribution in [0.2, 0.25) is 0 Å². The lowest BCUT2D eigenvalue weighted by Crippen LogP contribution is -2.35. The van der Waals surface area contributed by atoms with Crippen molar-refractivity contribution in [3.8, 4) is 12.3 Å². The van der Waals surface area contributed by atoms with E-state index in [0.717, 1.165) is 37.0 Å². The summed E-state index contributed by atoms with van der Waals surface area (Å²) in [6, 6.07) is 10.1. The van der Waals surface area contributed by atoms with Gasteiger partial charge in [-0.15, -0.1) is 6.42 Å². The SMILES string of the molecule is C#CCn1c(=NC(=O)c2ccc(S(=O)(=O)N(C)C3CCCC3)cc2)sc2cc(F)ccc21. The topological polar surface area (TPSA) is 71.7 Å². The average molecular weight is 472 g/mol. The first-order chi connectivity index (χ1) is 15.3. The van der Waals surface area contributed by atoms with Gasteiger partial charge in [0.15, 0.2) is 4.80 Å². The molecule has 6 nitrogen and oxygen atoms in total. The molecule has 9 heteroatoms. The van der Waals surface area contributed by atoms with Crippen LogP contribution in [0.1, 0.15) is 36.0 Å². The van der Waals surface area contributed by atoms with Crippen molar-refractivity contribution in [3.05, 3.63) is 58.6 Å². The monoisotopic (exact) mass is 471 g/mol. The molecule has 1 saturated carbocycles. The number of hydrogen-bond donors (Lipinski definition) is 0. The van der Waals surface area contributed by atoms with Crippen LogP contribution in [0, 0.1) is 18.2 Å². The summed E-state index contributed by atoms with van der Waals surface area (Å²) >= 11 is 1.16. The molecule has 4 rings (SSSR count). The standard InChI is InChI=1S/C23H22FN3O3S2/c1-3-14-27-20-13-10-17(24)15-21(20)31-23(27)25-22(28)16-8-11-19(12-9-16)32(29,30)26(2)18-6-4-5-7-18/h1,8-13,15,18H,4-7,14H2,2H3. The summed E-state index contributed by atoms with van der Waals surface area (Å²) in [4.78, 5) is 17.4. The van der Waals surface area contributed by atoms with Gasteiger partial charge < -0.3 is 4.57 Å². The van der Waals surface area contributed by atoms with E-state index in [1.807, 2.05) is 0 Å². The molecule has 0 spiro atoms. The number of hydrogen-bond acceptors (Lipinski definition) is 4. The van der Waals surface area contributed by atoms with E-state index in [9.17, 15) is 17.6 Å². The van der Waals surface area contributed by atoms with Gasteiger partial charge in [0.25, 0.3) is 5.91 Å². The van der Waals surface area contributed by atoms with E-state index in [1.165, 1.54) is 40.7 Å². The van der Waals surface area contributed by atoms with Gasteiger partial charge in [-0.1, -0.05) is 30.1 Å². The highest BCUT2D eigenvalue weighted by atomic mass is 32.2. The predicted molar refractivity (Wildman–Crippen MR) is 122 cm³/mol. The van der Waals surface area contributed by atoms with Crippen LogP contribution in [-0.4, -0.2) is 36.3 Å². The Labute approximate surface area is 190 Å². The Hall–Kier alpha value is -2.80. The number of aromatic nitrogens is 1. The van der Waals surface area contributed by atoms with Gasteiger partial charge >= 0.3 is 0 Å². The van der Waals surface area contributed by atoms with Crippen LogP contribution in [0.5, 0.6) is 0 Å². The fraction of sp³-hybridized carbons (Fsp3) is 0.304. The van der Waals surface area contributed by atoms with E-state index >= 15 is 0 Å². The van der Waals surface area contributed by atoms with Gasteiger partial charge in [0.1, 0.15) is 5.82 Å². The van der Waals surface area contributed by atoms with Gasteiger partial charge in [-0.05, 0) is 55.3 Å². The number of halogens is 1. The van der Waals surface area contributed by atoms with Crippen molar-refractivity contribution in [1.82, 2.24) is 8.87 Å². The summed E-state index contributed by atoms with van der Waals surface area (Å²) in [5, 5.41) is 0. The molecular formula is C23H22FN3O3S2. The second-order valence-electron chi connectivity index (χ2n) is 7.69. The van der Waals surface area contributed by atoms with Crippen molar-refractivity contribution in [2.75, 3.05) is 7.05 Å². The summed E-state index contributed by atoms with van der Waals surface area (Å²) < 4.78 is 43.1. The first-order valence-corrected chi connectivity index (χ1v) is 12.5. The fourth-order valence-corrected chi connectivity index (χ4v) is 6.40. The van der Waals surface area contributed by atoms with Crippen molar-refractivity contribution < 1.29 is 17.6 Å². The van der Waals surface area contributed by atoms with E-state index < -0.39 is 15.9 Å². The summed E-state index contributed by atoms with van der Waals surface area (Å²) in [7, 11) is -2.02. The second-order valence-corrected chi connectivity index (χ2v) is 10.7. The third kappa shape index (κ3) is 4.26. The zero-order valence-corrected chi connectivity index (χ0v) is 19.1. The summed E-state index contributed by atoms with van der Waals surface area (Å²) in [5.74, 6) is 1.60. The van der Waals surface area contributed by atoms with E-state index in [2.05, 4.69) is 10.9 Å². The molecule has 1 fully saturated rings. The van der Waals surface area contributed by atoms with E-state index in [4.69, 9.17) is 6.42 Å². The van der Waals surface area contributed by atoms with Crippen molar-refractivity contribution in [2.45, 2.75) is 43.2 Å². The number of rotatable bonds is 5. The number of benzene rings is 2. The minimum atomic E-state index is -3.63. The van der Waals surface area contributed by atoms with E-state index in [-0.39, 0.29) is 28.9 Å². The van der Waals surface area contributed by atoms with Crippen LogP contribution in [0.3, 0.4) is 0 Å². The number of carbonyl (C=O) groups is 1. The quantitative estimate of drug-likeness (QED) is 0.532. The predicted octanol–water partition coefficient (Wildman–Crippen LogP) is 3.78. The molecule has 0 aliphatic heterocycles. The van der Waals surface area contributed by atoms with Gasteiger partial charge in [0.2, 0.25) is 10.0 Å². The first-order valence-electron chi connectivity index (χ1n) is 10.2. The molecule has 1 aliphatic rings. The van der Waals surface area contributed by atoms with E-state index in [0.29, 0.717) is 15.0 Å². The number of amides is 1. The molecule has 166 valence electrons. The van der Waals surface area contributed by atoms with E-state index in [1.54, 1.807) is 17.7 Å². The molecule has 0 atom stereocenters.